The Morgan fingerprint density at radius 2 is 2.11 bits per heavy atom. The first-order chi connectivity index (χ1) is 8.50. The highest BCUT2D eigenvalue weighted by Crippen LogP contribution is 2.31. The first-order valence-electron chi connectivity index (χ1n) is 6.32. The number of aliphatic hydroxyl groups is 1. The molecule has 0 bridgehead atoms. The molecule has 0 spiro atoms. The fourth-order valence-corrected chi connectivity index (χ4v) is 2.30. The van der Waals surface area contributed by atoms with E-state index in [1.807, 2.05) is 38.1 Å². The van der Waals surface area contributed by atoms with E-state index in [1.54, 1.807) is 0 Å². The zero-order chi connectivity index (χ0) is 13.3. The lowest BCUT2D eigenvalue weighted by atomic mass is 10.0. The monoisotopic (exact) mass is 248 g/mol. The van der Waals surface area contributed by atoms with E-state index < -0.39 is 12.1 Å². The number of fused-ring (bicyclic) bond motifs is 1. The van der Waals surface area contributed by atoms with Gasteiger partial charge in [-0.05, 0) is 17.0 Å². The summed E-state index contributed by atoms with van der Waals surface area (Å²) in [6.45, 7) is 3.81. The summed E-state index contributed by atoms with van der Waals surface area (Å²) in [5.74, 6) is -0.121. The van der Waals surface area contributed by atoms with Gasteiger partial charge in [0.1, 0.15) is 0 Å². The first kappa shape index (κ1) is 13.1. The summed E-state index contributed by atoms with van der Waals surface area (Å²) in [7, 11) is 0. The van der Waals surface area contributed by atoms with Gasteiger partial charge in [0.15, 0.2) is 0 Å². The molecule has 0 heterocycles. The molecule has 1 aromatic rings. The van der Waals surface area contributed by atoms with Crippen LogP contribution in [0.4, 0.5) is 0 Å². The molecule has 0 saturated carbocycles. The summed E-state index contributed by atoms with van der Waals surface area (Å²) in [6, 6.07) is 6.90. The van der Waals surface area contributed by atoms with E-state index >= 15 is 0 Å². The molecule has 18 heavy (non-hydrogen) atoms. The standard InChI is InChI=1S/C14H20N2O2/c1-8(2)12(15)14(18)16-13-10-6-4-3-5-9(10)7-11(13)17/h3-6,8,11-13,17H,7,15H2,1-2H3,(H,16,18)/t11-,12?,13+/m1/s1. The highest BCUT2D eigenvalue weighted by Gasteiger charge is 2.33. The quantitative estimate of drug-likeness (QED) is 0.738. The van der Waals surface area contributed by atoms with Gasteiger partial charge in [-0.1, -0.05) is 38.1 Å². The van der Waals surface area contributed by atoms with Crippen LogP contribution in [-0.4, -0.2) is 23.2 Å². The zero-order valence-electron chi connectivity index (χ0n) is 10.8. The van der Waals surface area contributed by atoms with Gasteiger partial charge in [0.2, 0.25) is 5.91 Å². The van der Waals surface area contributed by atoms with Crippen LogP contribution in [-0.2, 0) is 11.2 Å². The van der Waals surface area contributed by atoms with Gasteiger partial charge in [-0.15, -0.1) is 0 Å². The number of carbonyl (C=O) groups excluding carboxylic acids is 1. The molecule has 98 valence electrons. The molecule has 0 radical (unpaired) electrons. The number of aliphatic hydroxyl groups excluding tert-OH is 1. The molecule has 4 N–H and O–H groups in total. The van der Waals surface area contributed by atoms with Gasteiger partial charge in [0.25, 0.3) is 0 Å². The van der Waals surface area contributed by atoms with Gasteiger partial charge in [0.05, 0.1) is 18.2 Å². The summed E-state index contributed by atoms with van der Waals surface area (Å²) in [5, 5.41) is 12.9. The van der Waals surface area contributed by atoms with Crippen LogP contribution in [0.5, 0.6) is 0 Å². The van der Waals surface area contributed by atoms with Crippen molar-refractivity contribution >= 4 is 5.91 Å². The van der Waals surface area contributed by atoms with Crippen LogP contribution < -0.4 is 11.1 Å². The lowest BCUT2D eigenvalue weighted by Gasteiger charge is -2.22. The second-order valence-electron chi connectivity index (χ2n) is 5.23. The Hall–Kier alpha value is -1.39. The van der Waals surface area contributed by atoms with Crippen molar-refractivity contribution in [3.63, 3.8) is 0 Å². The molecule has 2 rings (SSSR count). The number of hydrogen-bond acceptors (Lipinski definition) is 3. The highest BCUT2D eigenvalue weighted by atomic mass is 16.3. The number of carbonyl (C=O) groups is 1. The molecule has 0 saturated heterocycles. The Labute approximate surface area is 107 Å². The Morgan fingerprint density at radius 1 is 1.44 bits per heavy atom. The summed E-state index contributed by atoms with van der Waals surface area (Å²) in [5.41, 5.74) is 7.90. The number of benzene rings is 1. The third-order valence-corrected chi connectivity index (χ3v) is 3.52. The van der Waals surface area contributed by atoms with Crippen molar-refractivity contribution in [2.45, 2.75) is 38.5 Å². The van der Waals surface area contributed by atoms with E-state index in [9.17, 15) is 9.90 Å². The molecule has 1 unspecified atom stereocenters. The van der Waals surface area contributed by atoms with Crippen LogP contribution >= 0.6 is 0 Å². The minimum Gasteiger partial charge on any atom is -0.390 e. The van der Waals surface area contributed by atoms with E-state index in [-0.39, 0.29) is 17.9 Å². The van der Waals surface area contributed by atoms with Crippen molar-refractivity contribution < 1.29 is 9.90 Å². The minimum atomic E-state index is -0.564. The van der Waals surface area contributed by atoms with Gasteiger partial charge in [-0.3, -0.25) is 4.79 Å². The number of rotatable bonds is 3. The van der Waals surface area contributed by atoms with Crippen molar-refractivity contribution in [3.05, 3.63) is 35.4 Å². The molecule has 4 heteroatoms. The van der Waals surface area contributed by atoms with E-state index in [1.165, 1.54) is 0 Å². The SMILES string of the molecule is CC(C)C(N)C(=O)N[C@H]1c2ccccc2C[C@H]1O. The van der Waals surface area contributed by atoms with Crippen molar-refractivity contribution in [1.82, 2.24) is 5.32 Å². The maximum absolute atomic E-state index is 11.9. The molecule has 0 aliphatic heterocycles. The maximum Gasteiger partial charge on any atom is 0.237 e. The molecule has 3 atom stereocenters. The van der Waals surface area contributed by atoms with Crippen LogP contribution in [0.3, 0.4) is 0 Å². The van der Waals surface area contributed by atoms with Crippen molar-refractivity contribution in [2.75, 3.05) is 0 Å². The highest BCUT2D eigenvalue weighted by molar-refractivity contribution is 5.82. The summed E-state index contributed by atoms with van der Waals surface area (Å²) in [6.07, 6.45) is 0.0172. The van der Waals surface area contributed by atoms with Crippen molar-refractivity contribution in [3.8, 4) is 0 Å². The van der Waals surface area contributed by atoms with Gasteiger partial charge >= 0.3 is 0 Å². The van der Waals surface area contributed by atoms with Crippen LogP contribution in [0.1, 0.15) is 31.0 Å². The average molecular weight is 248 g/mol. The van der Waals surface area contributed by atoms with Crippen LogP contribution in [0.15, 0.2) is 24.3 Å². The molecule has 0 fully saturated rings. The Bertz CT molecular complexity index is 445. The normalized spacial score (nSPS) is 23.8. The average Bonchev–Trinajstić information content (AvgIpc) is 2.65. The smallest absolute Gasteiger partial charge is 0.237 e. The summed E-state index contributed by atoms with van der Waals surface area (Å²) < 4.78 is 0. The Kier molecular flexibility index (Phi) is 3.68. The topological polar surface area (TPSA) is 75.4 Å². The van der Waals surface area contributed by atoms with Crippen LogP contribution in [0.25, 0.3) is 0 Å². The molecule has 0 aromatic heterocycles. The minimum absolute atomic E-state index is 0.0822. The molecule has 1 aromatic carbocycles. The van der Waals surface area contributed by atoms with E-state index in [2.05, 4.69) is 5.32 Å². The maximum atomic E-state index is 11.9. The number of amides is 1. The second-order valence-corrected chi connectivity index (χ2v) is 5.23. The van der Waals surface area contributed by atoms with Gasteiger partial charge in [-0.2, -0.15) is 0 Å². The lowest BCUT2D eigenvalue weighted by Crippen LogP contribution is -2.46. The number of nitrogens with one attached hydrogen (secondary N) is 1. The van der Waals surface area contributed by atoms with E-state index in [0.717, 1.165) is 11.1 Å². The molecule has 4 nitrogen and oxygen atoms in total. The molecular weight excluding hydrogens is 228 g/mol. The van der Waals surface area contributed by atoms with Crippen molar-refractivity contribution in [1.29, 1.82) is 0 Å². The largest absolute Gasteiger partial charge is 0.390 e. The lowest BCUT2D eigenvalue weighted by molar-refractivity contribution is -0.124. The predicted molar refractivity (Wildman–Crippen MR) is 69.8 cm³/mol. The molecular formula is C14H20N2O2. The van der Waals surface area contributed by atoms with Gasteiger partial charge < -0.3 is 16.2 Å². The Morgan fingerprint density at radius 3 is 2.78 bits per heavy atom. The zero-order valence-corrected chi connectivity index (χ0v) is 10.8. The number of hydrogen-bond donors (Lipinski definition) is 3. The molecule has 1 amide bonds. The van der Waals surface area contributed by atoms with Gasteiger partial charge in [0, 0.05) is 6.42 Å². The first-order valence-corrected chi connectivity index (χ1v) is 6.32. The van der Waals surface area contributed by atoms with Crippen LogP contribution in [0.2, 0.25) is 0 Å². The third-order valence-electron chi connectivity index (χ3n) is 3.52. The Balaban J connectivity index is 2.13. The van der Waals surface area contributed by atoms with E-state index in [0.29, 0.717) is 6.42 Å². The molecule has 1 aliphatic carbocycles. The fraction of sp³-hybridized carbons (Fsp3) is 0.500. The predicted octanol–water partition coefficient (Wildman–Crippen LogP) is 0.744. The van der Waals surface area contributed by atoms with Gasteiger partial charge in [-0.25, -0.2) is 0 Å². The van der Waals surface area contributed by atoms with Crippen molar-refractivity contribution in [2.24, 2.45) is 11.7 Å². The second kappa shape index (κ2) is 5.08. The fourth-order valence-electron chi connectivity index (χ4n) is 2.30. The van der Waals surface area contributed by atoms with Crippen LogP contribution in [0, 0.1) is 5.92 Å². The third kappa shape index (κ3) is 2.40. The van der Waals surface area contributed by atoms with E-state index in [4.69, 9.17) is 5.73 Å². The number of nitrogens with two attached hydrogens (primary N) is 1. The molecule has 1 aliphatic rings. The summed E-state index contributed by atoms with van der Waals surface area (Å²) >= 11 is 0. The summed E-state index contributed by atoms with van der Waals surface area (Å²) in [4.78, 5) is 11.9.